The molecule has 0 spiro atoms. The zero-order valence-electron chi connectivity index (χ0n) is 10.6. The zero-order chi connectivity index (χ0) is 13.4. The average molecular weight is 333 g/mol. The number of thioether (sulfide) groups is 4. The molecule has 2 aliphatic heterocycles. The van der Waals surface area contributed by atoms with Crippen LogP contribution >= 0.6 is 47.0 Å². The maximum atomic E-state index is 2.43. The summed E-state index contributed by atoms with van der Waals surface area (Å²) in [6.45, 7) is 0. The van der Waals surface area contributed by atoms with Gasteiger partial charge in [0.25, 0.3) is 0 Å². The lowest BCUT2D eigenvalue weighted by Crippen LogP contribution is -1.83. The summed E-state index contributed by atoms with van der Waals surface area (Å²) in [5.74, 6) is 0. The Kier molecular flexibility index (Phi) is 3.82. The molecule has 0 fully saturated rings. The Bertz CT molecular complexity index is 592. The monoisotopic (exact) mass is 332 g/mol. The smallest absolute Gasteiger partial charge is 0.0840 e. The van der Waals surface area contributed by atoms with E-state index in [0.29, 0.717) is 9.16 Å². The molecule has 4 heteroatoms. The molecule has 100 valence electrons. The highest BCUT2D eigenvalue weighted by molar-refractivity contribution is 8.22. The largest absolute Gasteiger partial charge is 0.114 e. The maximum absolute atomic E-state index is 2.43. The van der Waals surface area contributed by atoms with E-state index in [-0.39, 0.29) is 0 Å². The molecule has 0 atom stereocenters. The third kappa shape index (κ3) is 2.33. The van der Waals surface area contributed by atoms with Crippen molar-refractivity contribution in [1.29, 1.82) is 0 Å². The summed E-state index contributed by atoms with van der Waals surface area (Å²) in [6, 6.07) is 13.4. The molecule has 0 aromatic carbocycles. The molecular formula is C16H12S4. The lowest BCUT2D eigenvalue weighted by molar-refractivity contribution is 1.41. The van der Waals surface area contributed by atoms with Gasteiger partial charge in [-0.3, -0.25) is 0 Å². The summed E-state index contributed by atoms with van der Waals surface area (Å²) >= 11 is 7.66. The van der Waals surface area contributed by atoms with Crippen LogP contribution in [0.3, 0.4) is 0 Å². The van der Waals surface area contributed by atoms with Gasteiger partial charge in [0, 0.05) is 0 Å². The van der Waals surface area contributed by atoms with Crippen LogP contribution in [0.5, 0.6) is 0 Å². The quantitative estimate of drug-likeness (QED) is 0.600. The molecule has 0 saturated heterocycles. The Balaban J connectivity index is 1.83. The van der Waals surface area contributed by atoms with Crippen molar-refractivity contribution >= 4 is 47.0 Å². The summed E-state index contributed by atoms with van der Waals surface area (Å²) in [5, 5.41) is 8.82. The van der Waals surface area contributed by atoms with E-state index in [9.17, 15) is 0 Å². The highest BCUT2D eigenvalue weighted by Crippen LogP contribution is 2.55. The summed E-state index contributed by atoms with van der Waals surface area (Å²) in [5.41, 5.74) is 5.76. The minimum atomic E-state index is 0.512. The third-order valence-electron chi connectivity index (χ3n) is 3.40. The topological polar surface area (TPSA) is 0 Å². The molecule has 0 aromatic rings. The van der Waals surface area contributed by atoms with Crippen LogP contribution in [0, 0.1) is 0 Å². The van der Waals surface area contributed by atoms with Gasteiger partial charge in [-0.05, 0) is 43.9 Å². The molecule has 2 aliphatic carbocycles. The van der Waals surface area contributed by atoms with Gasteiger partial charge in [0.1, 0.15) is 0 Å². The van der Waals surface area contributed by atoms with Crippen molar-refractivity contribution < 1.29 is 0 Å². The van der Waals surface area contributed by atoms with E-state index in [2.05, 4.69) is 58.0 Å². The minimum absolute atomic E-state index is 0.512. The standard InChI is InChI=1S/C16H12S4/c1-2-4-11-12(5-3-1)14(16-19-8-9-20-16)10-13(11)15-17-6-7-18-15/h1-10,15-16H. The van der Waals surface area contributed by atoms with Gasteiger partial charge in [0.15, 0.2) is 0 Å². The van der Waals surface area contributed by atoms with Gasteiger partial charge in [0.2, 0.25) is 0 Å². The zero-order valence-corrected chi connectivity index (χ0v) is 13.8. The van der Waals surface area contributed by atoms with E-state index < -0.39 is 0 Å². The summed E-state index contributed by atoms with van der Waals surface area (Å²) in [4.78, 5) is 0. The van der Waals surface area contributed by atoms with E-state index >= 15 is 0 Å². The molecule has 0 bridgehead atoms. The first-order valence-corrected chi connectivity index (χ1v) is 10.1. The molecule has 0 nitrogen and oxygen atoms in total. The first-order chi connectivity index (χ1) is 9.93. The van der Waals surface area contributed by atoms with Gasteiger partial charge < -0.3 is 0 Å². The van der Waals surface area contributed by atoms with Crippen molar-refractivity contribution in [1.82, 2.24) is 0 Å². The molecule has 4 aliphatic rings. The SMILES string of the molecule is C1=CSC(c2cc(C3SC=CS3)c3cccccc2-3)S1. The fourth-order valence-corrected chi connectivity index (χ4v) is 6.78. The summed E-state index contributed by atoms with van der Waals surface area (Å²) < 4.78 is 1.02. The van der Waals surface area contributed by atoms with E-state index in [1.807, 2.05) is 47.0 Å². The Morgan fingerprint density at radius 2 is 1.05 bits per heavy atom. The fourth-order valence-electron chi connectivity index (χ4n) is 2.53. The average Bonchev–Trinajstić information content (AvgIpc) is 3.16. The van der Waals surface area contributed by atoms with Gasteiger partial charge in [0.05, 0.1) is 9.16 Å². The van der Waals surface area contributed by atoms with Crippen LogP contribution in [0.4, 0.5) is 0 Å². The molecule has 2 heterocycles. The third-order valence-corrected chi connectivity index (χ3v) is 8.25. The van der Waals surface area contributed by atoms with Crippen LogP contribution in [0.2, 0.25) is 0 Å². The van der Waals surface area contributed by atoms with Crippen molar-refractivity contribution in [3.63, 3.8) is 0 Å². The molecule has 0 radical (unpaired) electrons. The molecule has 0 amide bonds. The van der Waals surface area contributed by atoms with Crippen LogP contribution in [-0.2, 0) is 0 Å². The second-order valence-corrected chi connectivity index (χ2v) is 9.21. The van der Waals surface area contributed by atoms with Crippen molar-refractivity contribution in [2.24, 2.45) is 0 Å². The molecule has 20 heavy (non-hydrogen) atoms. The van der Waals surface area contributed by atoms with Gasteiger partial charge >= 0.3 is 0 Å². The summed E-state index contributed by atoms with van der Waals surface area (Å²) in [6.07, 6.45) is 0. The first-order valence-electron chi connectivity index (χ1n) is 6.37. The Morgan fingerprint density at radius 1 is 0.600 bits per heavy atom. The van der Waals surface area contributed by atoms with Crippen molar-refractivity contribution in [3.8, 4) is 11.1 Å². The van der Waals surface area contributed by atoms with Crippen molar-refractivity contribution in [3.05, 3.63) is 69.2 Å². The minimum Gasteiger partial charge on any atom is -0.114 e. The van der Waals surface area contributed by atoms with Crippen LogP contribution in [0.25, 0.3) is 11.1 Å². The van der Waals surface area contributed by atoms with Gasteiger partial charge in [-0.2, -0.15) is 0 Å². The Labute approximate surface area is 136 Å². The Morgan fingerprint density at radius 3 is 1.50 bits per heavy atom. The second-order valence-electron chi connectivity index (χ2n) is 4.55. The van der Waals surface area contributed by atoms with E-state index in [1.54, 1.807) is 0 Å². The number of hydrogen-bond acceptors (Lipinski definition) is 4. The van der Waals surface area contributed by atoms with E-state index in [4.69, 9.17) is 0 Å². The fraction of sp³-hybridized carbons (Fsp3) is 0.125. The van der Waals surface area contributed by atoms with E-state index in [0.717, 1.165) is 0 Å². The number of fused-ring (bicyclic) bond motifs is 1. The highest BCUT2D eigenvalue weighted by atomic mass is 32.2. The van der Waals surface area contributed by atoms with Gasteiger partial charge in [-0.25, -0.2) is 0 Å². The lowest BCUT2D eigenvalue weighted by atomic mass is 10.1. The van der Waals surface area contributed by atoms with Gasteiger partial charge in [-0.15, -0.1) is 47.0 Å². The van der Waals surface area contributed by atoms with Crippen molar-refractivity contribution in [2.75, 3.05) is 0 Å². The molecule has 0 aromatic heterocycles. The molecule has 0 saturated carbocycles. The highest BCUT2D eigenvalue weighted by Gasteiger charge is 2.27. The van der Waals surface area contributed by atoms with Crippen LogP contribution in [0.1, 0.15) is 20.3 Å². The first kappa shape index (κ1) is 13.3. The predicted molar refractivity (Wildman–Crippen MR) is 97.2 cm³/mol. The predicted octanol–water partition coefficient (Wildman–Crippen LogP) is 6.69. The molecule has 0 N–H and O–H groups in total. The molecule has 4 rings (SSSR count). The molecule has 0 unspecified atom stereocenters. The van der Waals surface area contributed by atoms with Crippen molar-refractivity contribution in [2.45, 2.75) is 9.16 Å². The lowest BCUT2D eigenvalue weighted by Gasteiger charge is -2.08. The van der Waals surface area contributed by atoms with E-state index in [1.165, 1.54) is 22.3 Å². The second kappa shape index (κ2) is 5.76. The normalized spacial score (nSPS) is 19.4. The number of rotatable bonds is 2. The van der Waals surface area contributed by atoms with Crippen LogP contribution in [0.15, 0.2) is 58.0 Å². The summed E-state index contributed by atoms with van der Waals surface area (Å²) in [7, 11) is 0. The number of hydrogen-bond donors (Lipinski definition) is 0. The Hall–Kier alpha value is -0.420. The van der Waals surface area contributed by atoms with Crippen LogP contribution < -0.4 is 0 Å². The van der Waals surface area contributed by atoms with Gasteiger partial charge in [-0.1, -0.05) is 36.4 Å². The maximum Gasteiger partial charge on any atom is 0.0840 e. The molecular weight excluding hydrogens is 320 g/mol. The van der Waals surface area contributed by atoms with Crippen LogP contribution in [-0.4, -0.2) is 0 Å².